The van der Waals surface area contributed by atoms with Gasteiger partial charge in [-0.3, -0.25) is 4.79 Å². The average Bonchev–Trinajstić information content (AvgIpc) is 3.57. The van der Waals surface area contributed by atoms with Crippen LogP contribution >= 0.6 is 0 Å². The molecule has 2 aliphatic heterocycles. The number of nitrogens with one attached hydrogen (secondary N) is 1. The number of carbonyl (C=O) groups excluding carboxylic acids is 1. The number of nitrogens with zero attached hydrogens (tertiary/aromatic N) is 6. The van der Waals surface area contributed by atoms with Crippen LogP contribution in [0.4, 0.5) is 14.6 Å². The molecule has 0 radical (unpaired) electrons. The Balaban J connectivity index is 1.32. The highest BCUT2D eigenvalue weighted by Gasteiger charge is 2.49. The van der Waals surface area contributed by atoms with Gasteiger partial charge in [0.15, 0.2) is 17.2 Å². The Morgan fingerprint density at radius 2 is 1.98 bits per heavy atom. The summed E-state index contributed by atoms with van der Waals surface area (Å²) in [5, 5.41) is 7.92. The second-order valence-electron chi connectivity index (χ2n) is 11.0. The third kappa shape index (κ3) is 3.92. The van der Waals surface area contributed by atoms with E-state index < -0.39 is 17.9 Å². The topological polar surface area (TPSA) is 98.8 Å². The average molecular weight is 572 g/mol. The largest absolute Gasteiger partial charge is 0.486 e. The molecule has 1 N–H and O–H groups in total. The van der Waals surface area contributed by atoms with Crippen LogP contribution in [0.25, 0.3) is 27.9 Å². The van der Waals surface area contributed by atoms with Gasteiger partial charge < -0.3 is 24.3 Å². The third-order valence-corrected chi connectivity index (χ3v) is 8.39. The minimum absolute atomic E-state index is 0.126. The fourth-order valence-electron chi connectivity index (χ4n) is 5.89. The van der Waals surface area contributed by atoms with Crippen LogP contribution in [-0.4, -0.2) is 68.4 Å². The molecule has 1 aromatic carbocycles. The molecule has 214 valence electrons. The fourth-order valence-corrected chi connectivity index (χ4v) is 5.89. The first-order chi connectivity index (χ1) is 20.5. The van der Waals surface area contributed by atoms with Crippen molar-refractivity contribution < 1.29 is 23.0 Å². The van der Waals surface area contributed by atoms with Crippen molar-refractivity contribution in [3.63, 3.8) is 0 Å². The molecule has 6 heterocycles. The highest BCUT2D eigenvalue weighted by molar-refractivity contribution is 6.02. The van der Waals surface area contributed by atoms with Crippen molar-refractivity contribution in [2.24, 2.45) is 0 Å². The molecule has 1 saturated carbocycles. The minimum Gasteiger partial charge on any atom is -0.486 e. The van der Waals surface area contributed by atoms with Crippen LogP contribution in [0.5, 0.6) is 5.75 Å². The maximum absolute atomic E-state index is 14.0. The molecule has 12 heteroatoms. The van der Waals surface area contributed by atoms with E-state index >= 15 is 0 Å². The van der Waals surface area contributed by atoms with E-state index in [-0.39, 0.29) is 30.1 Å². The summed E-state index contributed by atoms with van der Waals surface area (Å²) in [6.45, 7) is 2.76. The third-order valence-electron chi connectivity index (χ3n) is 8.39. The van der Waals surface area contributed by atoms with Crippen LogP contribution in [-0.2, 0) is 11.3 Å². The first-order valence-corrected chi connectivity index (χ1v) is 14.0. The van der Waals surface area contributed by atoms with Crippen LogP contribution in [0, 0.1) is 0 Å². The molecule has 1 saturated heterocycles. The van der Waals surface area contributed by atoms with Crippen molar-refractivity contribution in [1.29, 1.82) is 0 Å². The second kappa shape index (κ2) is 9.48. The number of pyridine rings is 1. The molecule has 1 amide bonds. The van der Waals surface area contributed by atoms with Crippen molar-refractivity contribution in [3.05, 3.63) is 72.2 Å². The maximum atomic E-state index is 14.0. The quantitative estimate of drug-likeness (QED) is 0.326. The Morgan fingerprint density at radius 1 is 1.12 bits per heavy atom. The standard InChI is InChI=1S/C30H27F2N7O3/c31-30(32)9-8-23(30)35-28(40)21-13-34-39-27(21)36-24(22-15-38(19-16-41-17-19)26-20(22)7-4-10-33-26)25-29(39)37(11-12-42-25)14-18-5-2-1-3-6-18/h1-7,10,13,15,19,23H,8-9,11-12,14,16-17H2,(H,35,40). The maximum Gasteiger partial charge on any atom is 0.267 e. The van der Waals surface area contributed by atoms with Gasteiger partial charge >= 0.3 is 0 Å². The lowest BCUT2D eigenvalue weighted by Crippen LogP contribution is -2.55. The molecular formula is C30H27F2N7O3. The number of fused-ring (bicyclic) bond motifs is 4. The number of carbonyl (C=O) groups is 1. The van der Waals surface area contributed by atoms with Crippen molar-refractivity contribution in [2.75, 3.05) is 31.3 Å². The summed E-state index contributed by atoms with van der Waals surface area (Å²) in [5.74, 6) is -2.36. The highest BCUT2D eigenvalue weighted by atomic mass is 19.3. The van der Waals surface area contributed by atoms with E-state index in [1.54, 1.807) is 10.7 Å². The summed E-state index contributed by atoms with van der Waals surface area (Å²) in [7, 11) is 0. The number of ether oxygens (including phenoxy) is 2. The number of hydrogen-bond donors (Lipinski definition) is 1. The monoisotopic (exact) mass is 571 g/mol. The van der Waals surface area contributed by atoms with Gasteiger partial charge in [0.25, 0.3) is 11.8 Å². The van der Waals surface area contributed by atoms with Crippen molar-refractivity contribution in [3.8, 4) is 17.0 Å². The summed E-state index contributed by atoms with van der Waals surface area (Å²) in [6.07, 6.45) is 5.14. The molecular weight excluding hydrogens is 544 g/mol. The predicted molar refractivity (Wildman–Crippen MR) is 150 cm³/mol. The Bertz CT molecular complexity index is 1830. The van der Waals surface area contributed by atoms with Crippen LogP contribution in [0.15, 0.2) is 61.1 Å². The molecule has 1 aliphatic carbocycles. The number of hydrogen-bond acceptors (Lipinski definition) is 7. The van der Waals surface area contributed by atoms with Gasteiger partial charge in [-0.1, -0.05) is 30.3 Å². The highest BCUT2D eigenvalue weighted by Crippen LogP contribution is 2.44. The zero-order valence-corrected chi connectivity index (χ0v) is 22.5. The van der Waals surface area contributed by atoms with Gasteiger partial charge in [0.2, 0.25) is 0 Å². The molecule has 8 rings (SSSR count). The van der Waals surface area contributed by atoms with Crippen LogP contribution in [0.2, 0.25) is 0 Å². The fraction of sp³-hybridized carbons (Fsp3) is 0.333. The normalized spacial score (nSPS) is 19.7. The number of amides is 1. The first kappa shape index (κ1) is 25.2. The van der Waals surface area contributed by atoms with Crippen LogP contribution in [0.1, 0.15) is 34.8 Å². The summed E-state index contributed by atoms with van der Waals surface area (Å²) >= 11 is 0. The van der Waals surface area contributed by atoms with Crippen LogP contribution < -0.4 is 15.0 Å². The predicted octanol–water partition coefficient (Wildman–Crippen LogP) is 4.24. The Morgan fingerprint density at radius 3 is 2.71 bits per heavy atom. The van der Waals surface area contributed by atoms with Gasteiger partial charge in [-0.15, -0.1) is 0 Å². The molecule has 0 bridgehead atoms. The van der Waals surface area contributed by atoms with Gasteiger partial charge in [0.05, 0.1) is 38.0 Å². The van der Waals surface area contributed by atoms with E-state index in [1.807, 2.05) is 36.5 Å². The van der Waals surface area contributed by atoms with Gasteiger partial charge in [0.1, 0.15) is 23.5 Å². The molecule has 1 atom stereocenters. The summed E-state index contributed by atoms with van der Waals surface area (Å²) in [6, 6.07) is 12.8. The lowest BCUT2D eigenvalue weighted by atomic mass is 9.88. The second-order valence-corrected chi connectivity index (χ2v) is 11.0. The number of anilines is 1. The molecule has 4 aromatic heterocycles. The first-order valence-electron chi connectivity index (χ1n) is 14.0. The van der Waals surface area contributed by atoms with E-state index in [0.717, 1.165) is 22.2 Å². The number of alkyl halides is 2. The number of benzene rings is 1. The van der Waals surface area contributed by atoms with Crippen molar-refractivity contribution >= 4 is 28.4 Å². The Kier molecular flexibility index (Phi) is 5.68. The summed E-state index contributed by atoms with van der Waals surface area (Å²) in [4.78, 5) is 25.1. The SMILES string of the molecule is O=C(NC1CCC1(F)F)c1cnn2c3c(c(-c4cn(C5COC5)c5ncccc45)nc12)OCCN3Cc1ccccc1. The molecule has 0 spiro atoms. The Labute approximate surface area is 238 Å². The summed E-state index contributed by atoms with van der Waals surface area (Å²) < 4.78 is 43.5. The summed E-state index contributed by atoms with van der Waals surface area (Å²) in [5.41, 5.74) is 3.62. The number of aromatic nitrogens is 5. The van der Waals surface area contributed by atoms with E-state index in [9.17, 15) is 13.6 Å². The molecule has 42 heavy (non-hydrogen) atoms. The van der Waals surface area contributed by atoms with E-state index in [4.69, 9.17) is 14.5 Å². The molecule has 2 fully saturated rings. The lowest BCUT2D eigenvalue weighted by molar-refractivity contribution is -0.102. The molecule has 3 aliphatic rings. The van der Waals surface area contributed by atoms with Gasteiger partial charge in [-0.25, -0.2) is 18.7 Å². The van der Waals surface area contributed by atoms with Gasteiger partial charge in [-0.2, -0.15) is 9.61 Å². The zero-order chi connectivity index (χ0) is 28.4. The van der Waals surface area contributed by atoms with Crippen molar-refractivity contribution in [1.82, 2.24) is 29.5 Å². The molecule has 10 nitrogen and oxygen atoms in total. The number of rotatable bonds is 6. The Hall–Kier alpha value is -4.58. The zero-order valence-electron chi connectivity index (χ0n) is 22.5. The van der Waals surface area contributed by atoms with Gasteiger partial charge in [-0.05, 0) is 24.1 Å². The van der Waals surface area contributed by atoms with Crippen LogP contribution in [0.3, 0.4) is 0 Å². The van der Waals surface area contributed by atoms with Crippen molar-refractivity contribution in [2.45, 2.75) is 37.4 Å². The van der Waals surface area contributed by atoms with E-state index in [2.05, 4.69) is 37.0 Å². The molecule has 1 unspecified atom stereocenters. The molecule has 5 aromatic rings. The minimum atomic E-state index is -2.92. The van der Waals surface area contributed by atoms with E-state index in [1.165, 1.54) is 6.20 Å². The smallest absolute Gasteiger partial charge is 0.267 e. The number of halogens is 2. The van der Waals surface area contributed by atoms with E-state index in [0.29, 0.717) is 50.2 Å². The van der Waals surface area contributed by atoms with Gasteiger partial charge in [0, 0.05) is 36.3 Å². The lowest BCUT2D eigenvalue weighted by Gasteiger charge is -2.36.